The molecule has 1 aliphatic rings. The summed E-state index contributed by atoms with van der Waals surface area (Å²) < 4.78 is 0. The summed E-state index contributed by atoms with van der Waals surface area (Å²) in [5.41, 5.74) is 0. The Kier molecular flexibility index (Phi) is 6.08. The first-order valence-electron chi connectivity index (χ1n) is 4.70. The van der Waals surface area contributed by atoms with E-state index in [2.05, 4.69) is 12.2 Å². The van der Waals surface area contributed by atoms with E-state index in [1.807, 2.05) is 0 Å². The van der Waals surface area contributed by atoms with Crippen molar-refractivity contribution < 1.29 is 9.63 Å². The fraction of sp³-hybridized carbons (Fsp3) is 0.889. The van der Waals surface area contributed by atoms with Gasteiger partial charge in [-0.05, 0) is 26.3 Å². The lowest BCUT2D eigenvalue weighted by Gasteiger charge is -2.29. The van der Waals surface area contributed by atoms with E-state index in [0.29, 0.717) is 6.04 Å². The van der Waals surface area contributed by atoms with Crippen molar-refractivity contribution in [3.8, 4) is 0 Å². The van der Waals surface area contributed by atoms with E-state index < -0.39 is 0 Å². The van der Waals surface area contributed by atoms with Crippen LogP contribution in [-0.4, -0.2) is 37.7 Å². The second kappa shape index (κ2) is 6.22. The van der Waals surface area contributed by atoms with Crippen molar-refractivity contribution in [2.24, 2.45) is 5.92 Å². The normalized spacial score (nSPS) is 26.5. The minimum absolute atomic E-state index is 0. The van der Waals surface area contributed by atoms with Gasteiger partial charge in [-0.15, -0.1) is 12.4 Å². The molecular formula is C9H19ClN2O2. The predicted molar refractivity (Wildman–Crippen MR) is 57.2 cm³/mol. The fourth-order valence-electron chi connectivity index (χ4n) is 1.70. The summed E-state index contributed by atoms with van der Waals surface area (Å²) >= 11 is 0. The number of rotatable bonds is 2. The van der Waals surface area contributed by atoms with Crippen molar-refractivity contribution in [1.82, 2.24) is 10.4 Å². The molecule has 1 saturated heterocycles. The molecule has 0 aliphatic carbocycles. The van der Waals surface area contributed by atoms with Gasteiger partial charge in [-0.25, -0.2) is 5.06 Å². The SMILES string of the molecule is CON(C)C(=O)[C@H]1CCN[C@@H](C)C1.Cl. The average Bonchev–Trinajstić information content (AvgIpc) is 2.15. The number of carbonyl (C=O) groups excluding carboxylic acids is 1. The highest BCUT2D eigenvalue weighted by Crippen LogP contribution is 2.17. The van der Waals surface area contributed by atoms with Crippen LogP contribution in [0.4, 0.5) is 0 Å². The van der Waals surface area contributed by atoms with Gasteiger partial charge < -0.3 is 5.32 Å². The minimum atomic E-state index is 0. The molecule has 0 unspecified atom stereocenters. The molecule has 84 valence electrons. The summed E-state index contributed by atoms with van der Waals surface area (Å²) in [5, 5.41) is 4.63. The van der Waals surface area contributed by atoms with E-state index in [4.69, 9.17) is 4.84 Å². The third kappa shape index (κ3) is 3.44. The highest BCUT2D eigenvalue weighted by molar-refractivity contribution is 5.85. The summed E-state index contributed by atoms with van der Waals surface area (Å²) in [5.74, 6) is 0.219. The molecule has 0 aromatic heterocycles. The lowest BCUT2D eigenvalue weighted by atomic mass is 9.92. The summed E-state index contributed by atoms with van der Waals surface area (Å²) in [4.78, 5) is 16.5. The molecular weight excluding hydrogens is 204 g/mol. The van der Waals surface area contributed by atoms with Gasteiger partial charge in [0.05, 0.1) is 7.11 Å². The van der Waals surface area contributed by atoms with E-state index in [1.54, 1.807) is 7.05 Å². The summed E-state index contributed by atoms with van der Waals surface area (Å²) in [6.45, 7) is 3.03. The molecule has 0 aromatic carbocycles. The van der Waals surface area contributed by atoms with Gasteiger partial charge in [-0.3, -0.25) is 9.63 Å². The number of carbonyl (C=O) groups is 1. The van der Waals surface area contributed by atoms with Crippen LogP contribution < -0.4 is 5.32 Å². The van der Waals surface area contributed by atoms with Crippen molar-refractivity contribution >= 4 is 18.3 Å². The maximum absolute atomic E-state index is 11.6. The van der Waals surface area contributed by atoms with Crippen LogP contribution in [0.1, 0.15) is 19.8 Å². The second-order valence-electron chi connectivity index (χ2n) is 3.59. The molecule has 1 fully saturated rings. The molecule has 0 radical (unpaired) electrons. The molecule has 1 heterocycles. The Morgan fingerprint density at radius 3 is 2.71 bits per heavy atom. The monoisotopic (exact) mass is 222 g/mol. The number of hydroxylamine groups is 2. The van der Waals surface area contributed by atoms with Gasteiger partial charge in [-0.1, -0.05) is 0 Å². The number of piperidine rings is 1. The average molecular weight is 223 g/mol. The van der Waals surface area contributed by atoms with Crippen LogP contribution in [0.5, 0.6) is 0 Å². The van der Waals surface area contributed by atoms with Gasteiger partial charge >= 0.3 is 0 Å². The van der Waals surface area contributed by atoms with Crippen molar-refractivity contribution in [2.75, 3.05) is 20.7 Å². The number of halogens is 1. The number of nitrogens with zero attached hydrogens (tertiary/aromatic N) is 1. The Labute approximate surface area is 91.3 Å². The third-order valence-corrected chi connectivity index (χ3v) is 2.56. The summed E-state index contributed by atoms with van der Waals surface area (Å²) in [7, 11) is 3.18. The van der Waals surface area contributed by atoms with Crippen LogP contribution in [0, 0.1) is 5.92 Å². The molecule has 0 spiro atoms. The number of hydrogen-bond acceptors (Lipinski definition) is 3. The molecule has 0 bridgehead atoms. The standard InChI is InChI=1S/C9H18N2O2.ClH/c1-7-6-8(4-5-10-7)9(12)11(2)13-3;/h7-8,10H,4-6H2,1-3H3;1H/t7-,8-;/m0./s1. The zero-order valence-corrected chi connectivity index (χ0v) is 9.76. The van der Waals surface area contributed by atoms with Gasteiger partial charge in [0.2, 0.25) is 5.91 Å². The highest BCUT2D eigenvalue weighted by atomic mass is 35.5. The quantitative estimate of drug-likeness (QED) is 0.704. The van der Waals surface area contributed by atoms with Crippen LogP contribution in [0.3, 0.4) is 0 Å². The Bertz CT molecular complexity index is 190. The fourth-order valence-corrected chi connectivity index (χ4v) is 1.70. The molecule has 0 aromatic rings. The minimum Gasteiger partial charge on any atom is -0.314 e. The molecule has 14 heavy (non-hydrogen) atoms. The maximum atomic E-state index is 11.6. The summed E-state index contributed by atoms with van der Waals surface area (Å²) in [6, 6.07) is 0.438. The molecule has 2 atom stereocenters. The van der Waals surface area contributed by atoms with Gasteiger partial charge in [-0.2, -0.15) is 0 Å². The van der Waals surface area contributed by atoms with Crippen LogP contribution in [0.2, 0.25) is 0 Å². The van der Waals surface area contributed by atoms with Gasteiger partial charge in [0.15, 0.2) is 0 Å². The highest BCUT2D eigenvalue weighted by Gasteiger charge is 2.26. The Morgan fingerprint density at radius 1 is 1.57 bits per heavy atom. The van der Waals surface area contributed by atoms with E-state index in [0.717, 1.165) is 19.4 Å². The largest absolute Gasteiger partial charge is 0.314 e. The molecule has 1 rings (SSSR count). The predicted octanol–water partition coefficient (Wildman–Crippen LogP) is 0.816. The first kappa shape index (κ1) is 13.7. The summed E-state index contributed by atoms with van der Waals surface area (Å²) in [6.07, 6.45) is 1.82. The van der Waals surface area contributed by atoms with Crippen molar-refractivity contribution in [3.63, 3.8) is 0 Å². The van der Waals surface area contributed by atoms with E-state index in [-0.39, 0.29) is 24.2 Å². The topological polar surface area (TPSA) is 41.6 Å². The van der Waals surface area contributed by atoms with Crippen molar-refractivity contribution in [3.05, 3.63) is 0 Å². The zero-order valence-electron chi connectivity index (χ0n) is 8.95. The van der Waals surface area contributed by atoms with Gasteiger partial charge in [0, 0.05) is 19.0 Å². The van der Waals surface area contributed by atoms with Gasteiger partial charge in [0.25, 0.3) is 0 Å². The second-order valence-corrected chi connectivity index (χ2v) is 3.59. The maximum Gasteiger partial charge on any atom is 0.249 e. The van der Waals surface area contributed by atoms with Crippen molar-refractivity contribution in [1.29, 1.82) is 0 Å². The smallest absolute Gasteiger partial charge is 0.249 e. The van der Waals surface area contributed by atoms with Crippen molar-refractivity contribution in [2.45, 2.75) is 25.8 Å². The first-order chi connectivity index (χ1) is 6.15. The lowest BCUT2D eigenvalue weighted by Crippen LogP contribution is -2.42. The molecule has 1 amide bonds. The number of nitrogens with one attached hydrogen (secondary N) is 1. The van der Waals surface area contributed by atoms with Crippen LogP contribution >= 0.6 is 12.4 Å². The van der Waals surface area contributed by atoms with Crippen LogP contribution in [0.25, 0.3) is 0 Å². The van der Waals surface area contributed by atoms with Crippen LogP contribution in [0.15, 0.2) is 0 Å². The Balaban J connectivity index is 0.00000169. The third-order valence-electron chi connectivity index (χ3n) is 2.56. The molecule has 0 saturated carbocycles. The Morgan fingerprint density at radius 2 is 2.21 bits per heavy atom. The zero-order chi connectivity index (χ0) is 9.84. The Hall–Kier alpha value is -0.320. The lowest BCUT2D eigenvalue weighted by molar-refractivity contribution is -0.174. The number of hydrogen-bond donors (Lipinski definition) is 1. The van der Waals surface area contributed by atoms with E-state index in [9.17, 15) is 4.79 Å². The first-order valence-corrected chi connectivity index (χ1v) is 4.70. The number of amides is 1. The molecule has 4 nitrogen and oxygen atoms in total. The van der Waals surface area contributed by atoms with Crippen LogP contribution in [-0.2, 0) is 9.63 Å². The van der Waals surface area contributed by atoms with E-state index in [1.165, 1.54) is 12.2 Å². The molecule has 5 heteroatoms. The van der Waals surface area contributed by atoms with Gasteiger partial charge in [0.1, 0.15) is 0 Å². The van der Waals surface area contributed by atoms with E-state index >= 15 is 0 Å². The molecule has 1 aliphatic heterocycles. The molecule has 1 N–H and O–H groups in total.